The number of hydrogen-bond acceptors (Lipinski definition) is 5. The molecule has 0 bridgehead atoms. The number of nitrogens with one attached hydrogen (secondary N) is 1. The monoisotopic (exact) mass is 316 g/mol. The third-order valence-electron chi connectivity index (χ3n) is 3.48. The molecule has 0 aromatic heterocycles. The summed E-state index contributed by atoms with van der Waals surface area (Å²) in [7, 11) is 0. The average molecular weight is 316 g/mol. The number of alkyl carbamates (subject to hydrolysis) is 1. The van der Waals surface area contributed by atoms with Crippen LogP contribution in [0.4, 0.5) is 4.79 Å². The van der Waals surface area contributed by atoms with Crippen LogP contribution in [0.15, 0.2) is 0 Å². The molecule has 1 fully saturated rings. The average Bonchev–Trinajstić information content (AvgIpc) is 2.30. The fraction of sp³-hybridized carbons (Fsp3) is 0.867. The zero-order valence-electron chi connectivity index (χ0n) is 13.8. The van der Waals surface area contributed by atoms with Gasteiger partial charge in [0.1, 0.15) is 11.8 Å². The van der Waals surface area contributed by atoms with Crippen molar-refractivity contribution in [3.8, 4) is 0 Å². The summed E-state index contributed by atoms with van der Waals surface area (Å²) in [5.41, 5.74) is -0.642. The molecule has 1 heterocycles. The van der Waals surface area contributed by atoms with Gasteiger partial charge in [-0.15, -0.1) is 0 Å². The van der Waals surface area contributed by atoms with E-state index in [0.717, 1.165) is 6.42 Å². The van der Waals surface area contributed by atoms with Gasteiger partial charge in [-0.3, -0.25) is 9.69 Å². The van der Waals surface area contributed by atoms with Crippen LogP contribution >= 0.6 is 0 Å². The molecule has 3 atom stereocenters. The number of carbonyl (C=O) groups excluding carboxylic acids is 1. The third kappa shape index (κ3) is 7.09. The van der Waals surface area contributed by atoms with E-state index in [1.807, 2.05) is 4.90 Å². The smallest absolute Gasteiger partial charge is 0.407 e. The second-order valence-electron chi connectivity index (χ2n) is 7.06. The summed E-state index contributed by atoms with van der Waals surface area (Å²) >= 11 is 0. The van der Waals surface area contributed by atoms with Crippen molar-refractivity contribution in [3.05, 3.63) is 0 Å². The summed E-state index contributed by atoms with van der Waals surface area (Å²) in [6.45, 7) is 8.30. The Morgan fingerprint density at radius 2 is 2.00 bits per heavy atom. The molecule has 1 aliphatic rings. The molecule has 0 aromatic rings. The van der Waals surface area contributed by atoms with Crippen LogP contribution in [-0.4, -0.2) is 58.1 Å². The second kappa shape index (κ2) is 7.78. The van der Waals surface area contributed by atoms with Crippen molar-refractivity contribution in [2.45, 2.75) is 64.8 Å². The second-order valence-corrected chi connectivity index (χ2v) is 7.06. The molecule has 3 N–H and O–H groups in total. The number of carboxylic acid groups (broad SMARTS) is 1. The van der Waals surface area contributed by atoms with Gasteiger partial charge in [-0.1, -0.05) is 6.92 Å². The van der Waals surface area contributed by atoms with Crippen LogP contribution in [0.2, 0.25) is 0 Å². The highest BCUT2D eigenvalue weighted by Crippen LogP contribution is 2.20. The predicted molar refractivity (Wildman–Crippen MR) is 81.4 cm³/mol. The lowest BCUT2D eigenvalue weighted by atomic mass is 9.98. The Hall–Kier alpha value is -1.34. The number of rotatable bonds is 5. The van der Waals surface area contributed by atoms with E-state index in [4.69, 9.17) is 9.84 Å². The van der Waals surface area contributed by atoms with Gasteiger partial charge in [0.05, 0.1) is 12.5 Å². The van der Waals surface area contributed by atoms with Crippen LogP contribution in [0.5, 0.6) is 0 Å². The van der Waals surface area contributed by atoms with Crippen LogP contribution in [0.1, 0.15) is 47.0 Å². The number of carboxylic acids is 1. The number of carbonyl (C=O) groups is 2. The quantitative estimate of drug-likeness (QED) is 0.709. The van der Waals surface area contributed by atoms with Gasteiger partial charge in [0.15, 0.2) is 0 Å². The number of aliphatic hydroxyl groups excluding tert-OH is 1. The standard InChI is InChI=1S/C15H28N2O5/c1-10-5-6-12(18)17(8-10)9-11(7-13(19)20)16-14(21)22-15(2,3)4/h10-12,18H,5-9H2,1-4H3,(H,16,21)(H,19,20)/t10-,11+,12?/m1/s1. The molecule has 1 rings (SSSR count). The van der Waals surface area contributed by atoms with E-state index in [0.29, 0.717) is 18.9 Å². The Bertz CT molecular complexity index is 394. The molecule has 0 aliphatic carbocycles. The molecule has 0 saturated carbocycles. The number of amides is 1. The lowest BCUT2D eigenvalue weighted by Gasteiger charge is -2.37. The van der Waals surface area contributed by atoms with Gasteiger partial charge in [-0.05, 0) is 39.5 Å². The fourth-order valence-electron chi connectivity index (χ4n) is 2.55. The number of piperidine rings is 1. The molecule has 0 spiro atoms. The van der Waals surface area contributed by atoms with Gasteiger partial charge in [-0.2, -0.15) is 0 Å². The van der Waals surface area contributed by atoms with E-state index >= 15 is 0 Å². The van der Waals surface area contributed by atoms with Crippen LogP contribution in [-0.2, 0) is 9.53 Å². The highest BCUT2D eigenvalue weighted by Gasteiger charge is 2.29. The Morgan fingerprint density at radius 3 is 2.55 bits per heavy atom. The molecule has 22 heavy (non-hydrogen) atoms. The molecular formula is C15H28N2O5. The lowest BCUT2D eigenvalue weighted by Crippen LogP contribution is -2.51. The van der Waals surface area contributed by atoms with Crippen LogP contribution < -0.4 is 5.32 Å². The number of ether oxygens (including phenoxy) is 1. The minimum atomic E-state index is -0.999. The van der Waals surface area contributed by atoms with Gasteiger partial charge in [0, 0.05) is 13.1 Å². The molecule has 128 valence electrons. The van der Waals surface area contributed by atoms with Crippen LogP contribution in [0.25, 0.3) is 0 Å². The first kappa shape index (κ1) is 18.7. The molecule has 7 nitrogen and oxygen atoms in total. The number of nitrogens with zero attached hydrogens (tertiary/aromatic N) is 1. The van der Waals surface area contributed by atoms with Crippen molar-refractivity contribution < 1.29 is 24.5 Å². The third-order valence-corrected chi connectivity index (χ3v) is 3.48. The summed E-state index contributed by atoms with van der Waals surface area (Å²) in [4.78, 5) is 24.6. The molecule has 7 heteroatoms. The summed E-state index contributed by atoms with van der Waals surface area (Å²) in [6, 6.07) is -0.604. The molecule has 1 aliphatic heterocycles. The first-order valence-corrected chi connectivity index (χ1v) is 7.70. The number of hydrogen-bond donors (Lipinski definition) is 3. The van der Waals surface area contributed by atoms with E-state index < -0.39 is 29.9 Å². The van der Waals surface area contributed by atoms with Gasteiger partial charge in [0.2, 0.25) is 0 Å². The highest BCUT2D eigenvalue weighted by molar-refractivity contribution is 5.71. The van der Waals surface area contributed by atoms with Crippen molar-refractivity contribution in [2.24, 2.45) is 5.92 Å². The van der Waals surface area contributed by atoms with Crippen molar-refractivity contribution in [2.75, 3.05) is 13.1 Å². The molecule has 0 radical (unpaired) electrons. The summed E-state index contributed by atoms with van der Waals surface area (Å²) in [6.07, 6.45) is 0.164. The van der Waals surface area contributed by atoms with Gasteiger partial charge >= 0.3 is 12.1 Å². The minimum Gasteiger partial charge on any atom is -0.481 e. The largest absolute Gasteiger partial charge is 0.481 e. The maximum absolute atomic E-state index is 11.8. The van der Waals surface area contributed by atoms with Crippen LogP contribution in [0.3, 0.4) is 0 Å². The van der Waals surface area contributed by atoms with Crippen molar-refractivity contribution in [1.82, 2.24) is 10.2 Å². The first-order chi connectivity index (χ1) is 10.1. The number of aliphatic carboxylic acids is 1. The Balaban J connectivity index is 2.63. The van der Waals surface area contributed by atoms with E-state index in [-0.39, 0.29) is 13.0 Å². The topological polar surface area (TPSA) is 99.1 Å². The lowest BCUT2D eigenvalue weighted by molar-refractivity contribution is -0.138. The Morgan fingerprint density at radius 1 is 1.36 bits per heavy atom. The number of aliphatic hydroxyl groups is 1. The molecule has 1 unspecified atom stereocenters. The fourth-order valence-corrected chi connectivity index (χ4v) is 2.55. The molecule has 1 saturated heterocycles. The SMILES string of the molecule is C[C@@H]1CCC(O)N(C[C@H](CC(=O)O)NC(=O)OC(C)(C)C)C1. The van der Waals surface area contributed by atoms with Crippen molar-refractivity contribution in [1.29, 1.82) is 0 Å². The van der Waals surface area contributed by atoms with Gasteiger partial charge < -0.3 is 20.3 Å². The van der Waals surface area contributed by atoms with Crippen molar-refractivity contribution >= 4 is 12.1 Å². The molecule has 1 amide bonds. The predicted octanol–water partition coefficient (Wildman–Crippen LogP) is 1.40. The van der Waals surface area contributed by atoms with E-state index in [9.17, 15) is 14.7 Å². The Labute approximate surface area is 131 Å². The minimum absolute atomic E-state index is 0.211. The zero-order valence-corrected chi connectivity index (χ0v) is 13.8. The summed E-state index contributed by atoms with van der Waals surface area (Å²) in [5, 5.41) is 21.6. The first-order valence-electron chi connectivity index (χ1n) is 7.70. The Kier molecular flexibility index (Phi) is 6.62. The molecular weight excluding hydrogens is 288 g/mol. The maximum Gasteiger partial charge on any atom is 0.407 e. The zero-order chi connectivity index (χ0) is 16.9. The normalized spacial score (nSPS) is 24.6. The highest BCUT2D eigenvalue weighted by atomic mass is 16.6. The van der Waals surface area contributed by atoms with E-state index in [1.54, 1.807) is 20.8 Å². The number of likely N-dealkylation sites (tertiary alicyclic amines) is 1. The summed E-state index contributed by atoms with van der Waals surface area (Å²) in [5.74, 6) is -0.559. The van der Waals surface area contributed by atoms with Gasteiger partial charge in [-0.25, -0.2) is 4.79 Å². The van der Waals surface area contributed by atoms with E-state index in [1.165, 1.54) is 0 Å². The van der Waals surface area contributed by atoms with Gasteiger partial charge in [0.25, 0.3) is 0 Å². The van der Waals surface area contributed by atoms with Crippen molar-refractivity contribution in [3.63, 3.8) is 0 Å². The van der Waals surface area contributed by atoms with E-state index in [2.05, 4.69) is 12.2 Å². The summed E-state index contributed by atoms with van der Waals surface area (Å²) < 4.78 is 5.16. The maximum atomic E-state index is 11.8. The molecule has 0 aromatic carbocycles. The van der Waals surface area contributed by atoms with Crippen LogP contribution in [0, 0.1) is 5.92 Å².